The first-order chi connectivity index (χ1) is 8.56. The lowest BCUT2D eigenvalue weighted by Gasteiger charge is -2.06. The quantitative estimate of drug-likeness (QED) is 0.926. The first-order valence-electron chi connectivity index (χ1n) is 5.30. The van der Waals surface area contributed by atoms with Crippen LogP contribution in [0.5, 0.6) is 0 Å². The van der Waals surface area contributed by atoms with Gasteiger partial charge in [-0.05, 0) is 30.3 Å². The highest BCUT2D eigenvalue weighted by Crippen LogP contribution is 2.14. The second kappa shape index (κ2) is 5.18. The van der Waals surface area contributed by atoms with E-state index in [1.54, 1.807) is 19.2 Å². The molecule has 92 valence electrons. The fourth-order valence-electron chi connectivity index (χ4n) is 1.46. The Labute approximate surface area is 112 Å². The Hall–Kier alpha value is -1.88. The molecule has 18 heavy (non-hydrogen) atoms. The number of amides is 1. The van der Waals surface area contributed by atoms with E-state index in [0.717, 1.165) is 4.47 Å². The molecular formula is C13H11BrN2O2. The second-order valence-electron chi connectivity index (χ2n) is 3.83. The van der Waals surface area contributed by atoms with Gasteiger partial charge in [0.25, 0.3) is 5.91 Å². The van der Waals surface area contributed by atoms with Crippen molar-refractivity contribution in [3.63, 3.8) is 0 Å². The molecule has 1 N–H and O–H groups in total. The van der Waals surface area contributed by atoms with Crippen LogP contribution in [0.1, 0.15) is 10.4 Å². The molecule has 0 aliphatic heterocycles. The largest absolute Gasteiger partial charge is 0.322 e. The Kier molecular flexibility index (Phi) is 3.62. The molecule has 2 aromatic rings. The molecule has 1 aromatic heterocycles. The molecule has 0 fully saturated rings. The summed E-state index contributed by atoms with van der Waals surface area (Å²) in [6.07, 6.45) is 1.51. The number of rotatable bonds is 2. The molecule has 0 aliphatic carbocycles. The molecule has 4 nitrogen and oxygen atoms in total. The number of nitrogens with zero attached hydrogens (tertiary/aromatic N) is 1. The molecule has 0 unspecified atom stereocenters. The molecule has 0 spiro atoms. The summed E-state index contributed by atoms with van der Waals surface area (Å²) in [6, 6.07) is 10.2. The predicted octanol–water partition coefficient (Wildman–Crippen LogP) is 2.40. The fraction of sp³-hybridized carbons (Fsp3) is 0.0769. The van der Waals surface area contributed by atoms with Gasteiger partial charge >= 0.3 is 0 Å². The average Bonchev–Trinajstić information content (AvgIpc) is 2.35. The van der Waals surface area contributed by atoms with Gasteiger partial charge in [-0.2, -0.15) is 0 Å². The third kappa shape index (κ3) is 2.87. The van der Waals surface area contributed by atoms with Crippen molar-refractivity contribution < 1.29 is 4.79 Å². The van der Waals surface area contributed by atoms with Gasteiger partial charge in [-0.1, -0.05) is 15.9 Å². The van der Waals surface area contributed by atoms with E-state index in [1.807, 2.05) is 12.1 Å². The lowest BCUT2D eigenvalue weighted by atomic mass is 10.2. The molecule has 1 amide bonds. The summed E-state index contributed by atoms with van der Waals surface area (Å²) in [5.74, 6) is -0.243. The van der Waals surface area contributed by atoms with Gasteiger partial charge in [0.1, 0.15) is 0 Å². The van der Waals surface area contributed by atoms with E-state index in [1.165, 1.54) is 22.9 Å². The van der Waals surface area contributed by atoms with Gasteiger partial charge in [-0.25, -0.2) is 0 Å². The van der Waals surface area contributed by atoms with E-state index in [0.29, 0.717) is 11.3 Å². The smallest absolute Gasteiger partial charge is 0.257 e. The van der Waals surface area contributed by atoms with E-state index in [2.05, 4.69) is 21.2 Å². The second-order valence-corrected chi connectivity index (χ2v) is 4.74. The van der Waals surface area contributed by atoms with Gasteiger partial charge in [0, 0.05) is 29.5 Å². The zero-order valence-electron chi connectivity index (χ0n) is 9.68. The maximum Gasteiger partial charge on any atom is 0.257 e. The van der Waals surface area contributed by atoms with E-state index >= 15 is 0 Å². The van der Waals surface area contributed by atoms with E-state index < -0.39 is 0 Å². The topological polar surface area (TPSA) is 51.1 Å². The summed E-state index contributed by atoms with van der Waals surface area (Å²) >= 11 is 3.32. The number of hydrogen-bond acceptors (Lipinski definition) is 2. The summed E-state index contributed by atoms with van der Waals surface area (Å²) in [5, 5.41) is 2.76. The van der Waals surface area contributed by atoms with Crippen molar-refractivity contribution in [2.45, 2.75) is 0 Å². The van der Waals surface area contributed by atoms with Gasteiger partial charge in [-0.3, -0.25) is 9.59 Å². The summed E-state index contributed by atoms with van der Waals surface area (Å²) < 4.78 is 2.32. The van der Waals surface area contributed by atoms with Crippen molar-refractivity contribution in [1.82, 2.24) is 4.57 Å². The number of aromatic nitrogens is 1. The van der Waals surface area contributed by atoms with Crippen molar-refractivity contribution in [3.8, 4) is 0 Å². The van der Waals surface area contributed by atoms with Gasteiger partial charge in [-0.15, -0.1) is 0 Å². The Morgan fingerprint density at radius 2 is 1.83 bits per heavy atom. The highest BCUT2D eigenvalue weighted by Gasteiger charge is 2.06. The lowest BCUT2D eigenvalue weighted by Crippen LogP contribution is -2.19. The van der Waals surface area contributed by atoms with Crippen LogP contribution >= 0.6 is 15.9 Å². The van der Waals surface area contributed by atoms with Crippen LogP contribution in [0, 0.1) is 0 Å². The highest BCUT2D eigenvalue weighted by atomic mass is 79.9. The summed E-state index contributed by atoms with van der Waals surface area (Å²) in [6.45, 7) is 0. The van der Waals surface area contributed by atoms with Crippen LogP contribution in [0.25, 0.3) is 0 Å². The first kappa shape index (κ1) is 12.6. The number of carbonyl (C=O) groups is 1. The van der Waals surface area contributed by atoms with Gasteiger partial charge in [0.15, 0.2) is 0 Å². The third-order valence-electron chi connectivity index (χ3n) is 2.45. The Bertz CT molecular complexity index is 632. The fourth-order valence-corrected chi connectivity index (χ4v) is 1.73. The number of pyridine rings is 1. The molecule has 0 saturated carbocycles. The zero-order chi connectivity index (χ0) is 13.1. The number of anilines is 1. The van der Waals surface area contributed by atoms with Crippen molar-refractivity contribution in [1.29, 1.82) is 0 Å². The van der Waals surface area contributed by atoms with E-state index in [-0.39, 0.29) is 11.5 Å². The summed E-state index contributed by atoms with van der Waals surface area (Å²) in [5.41, 5.74) is 1.01. The first-order valence-corrected chi connectivity index (χ1v) is 6.09. The SMILES string of the molecule is Cn1cc(C(=O)Nc2ccc(Br)cc2)ccc1=O. The minimum absolute atomic E-state index is 0.143. The zero-order valence-corrected chi connectivity index (χ0v) is 11.3. The molecule has 2 rings (SSSR count). The molecule has 1 heterocycles. The number of halogens is 1. The molecule has 1 aromatic carbocycles. The minimum atomic E-state index is -0.243. The van der Waals surface area contributed by atoms with Crippen LogP contribution in [-0.2, 0) is 7.05 Å². The molecular weight excluding hydrogens is 296 g/mol. The number of aryl methyl sites for hydroxylation is 1. The van der Waals surface area contributed by atoms with Gasteiger partial charge < -0.3 is 9.88 Å². The van der Waals surface area contributed by atoms with Crippen molar-refractivity contribution in [3.05, 3.63) is 63.0 Å². The maximum atomic E-state index is 11.9. The minimum Gasteiger partial charge on any atom is -0.322 e. The normalized spacial score (nSPS) is 10.1. The van der Waals surface area contributed by atoms with Crippen LogP contribution in [0.3, 0.4) is 0 Å². The van der Waals surface area contributed by atoms with Gasteiger partial charge in [0.05, 0.1) is 5.56 Å². The number of benzene rings is 1. The molecule has 0 saturated heterocycles. The summed E-state index contributed by atoms with van der Waals surface area (Å²) in [4.78, 5) is 23.1. The highest BCUT2D eigenvalue weighted by molar-refractivity contribution is 9.10. The number of carbonyl (C=O) groups excluding carboxylic acids is 1. The predicted molar refractivity (Wildman–Crippen MR) is 73.8 cm³/mol. The monoisotopic (exact) mass is 306 g/mol. The number of hydrogen-bond donors (Lipinski definition) is 1. The van der Waals surface area contributed by atoms with Crippen LogP contribution in [0.15, 0.2) is 51.9 Å². The lowest BCUT2D eigenvalue weighted by molar-refractivity contribution is 0.102. The van der Waals surface area contributed by atoms with Crippen LogP contribution in [-0.4, -0.2) is 10.5 Å². The van der Waals surface area contributed by atoms with Gasteiger partial charge in [0.2, 0.25) is 5.56 Å². The Morgan fingerprint density at radius 3 is 2.44 bits per heavy atom. The Morgan fingerprint density at radius 1 is 1.17 bits per heavy atom. The van der Waals surface area contributed by atoms with E-state index in [9.17, 15) is 9.59 Å². The van der Waals surface area contributed by atoms with Crippen LogP contribution in [0.4, 0.5) is 5.69 Å². The summed E-state index contributed by atoms with van der Waals surface area (Å²) in [7, 11) is 1.61. The standard InChI is InChI=1S/C13H11BrN2O2/c1-16-8-9(2-7-12(16)17)13(18)15-11-5-3-10(14)4-6-11/h2-8H,1H3,(H,15,18). The van der Waals surface area contributed by atoms with Crippen molar-refractivity contribution in [2.24, 2.45) is 7.05 Å². The third-order valence-corrected chi connectivity index (χ3v) is 2.98. The maximum absolute atomic E-state index is 11.9. The molecule has 0 radical (unpaired) electrons. The Balaban J connectivity index is 2.19. The van der Waals surface area contributed by atoms with E-state index in [4.69, 9.17) is 0 Å². The van der Waals surface area contributed by atoms with Crippen LogP contribution in [0.2, 0.25) is 0 Å². The van der Waals surface area contributed by atoms with Crippen LogP contribution < -0.4 is 10.9 Å². The molecule has 5 heteroatoms. The molecule has 0 atom stereocenters. The average molecular weight is 307 g/mol. The van der Waals surface area contributed by atoms with Crippen molar-refractivity contribution in [2.75, 3.05) is 5.32 Å². The number of nitrogens with one attached hydrogen (secondary N) is 1. The molecule has 0 bridgehead atoms. The molecule has 0 aliphatic rings. The van der Waals surface area contributed by atoms with Crippen molar-refractivity contribution >= 4 is 27.5 Å².